The van der Waals surface area contributed by atoms with Gasteiger partial charge in [0.2, 0.25) is 0 Å². The summed E-state index contributed by atoms with van der Waals surface area (Å²) in [6.07, 6.45) is 8.99. The van der Waals surface area contributed by atoms with Crippen LogP contribution in [0.3, 0.4) is 0 Å². The molecule has 0 unspecified atom stereocenters. The molecule has 2 aromatic carbocycles. The minimum absolute atomic E-state index is 0.00912. The Morgan fingerprint density at radius 1 is 1.18 bits per heavy atom. The van der Waals surface area contributed by atoms with Crippen LogP contribution in [0.25, 0.3) is 22.0 Å². The first kappa shape index (κ1) is 23.8. The summed E-state index contributed by atoms with van der Waals surface area (Å²) in [6.45, 7) is 3.28. The van der Waals surface area contributed by atoms with Crippen LogP contribution in [0.4, 0.5) is 10.1 Å². The van der Waals surface area contributed by atoms with Crippen molar-refractivity contribution in [3.05, 3.63) is 52.9 Å². The van der Waals surface area contributed by atoms with E-state index >= 15 is 0 Å². The van der Waals surface area contributed by atoms with Gasteiger partial charge >= 0.3 is 0 Å². The number of benzene rings is 2. The molecule has 2 atom stereocenters. The molecule has 4 rings (SSSR count). The normalized spacial score (nSPS) is 18.7. The molecule has 0 spiro atoms. The number of rotatable bonds is 7. The molecule has 3 aromatic rings. The van der Waals surface area contributed by atoms with Gasteiger partial charge in [0.25, 0.3) is 0 Å². The average Bonchev–Trinajstić information content (AvgIpc) is 2.81. The Bertz CT molecular complexity index is 1110. The van der Waals surface area contributed by atoms with Crippen LogP contribution in [0.2, 0.25) is 5.02 Å². The molecule has 1 heterocycles. The van der Waals surface area contributed by atoms with E-state index < -0.39 is 11.6 Å². The molecule has 2 N–H and O–H groups in total. The van der Waals surface area contributed by atoms with Crippen LogP contribution in [-0.4, -0.2) is 41.7 Å². The molecular weight excluding hydrogens is 437 g/mol. The number of phenolic OH excluding ortho intramolecular Hbond substituents is 1. The third kappa shape index (κ3) is 5.42. The maximum atomic E-state index is 14.1. The molecule has 0 amide bonds. The number of phenols is 1. The predicted molar refractivity (Wildman–Crippen MR) is 136 cm³/mol. The quantitative estimate of drug-likeness (QED) is 0.395. The van der Waals surface area contributed by atoms with Crippen molar-refractivity contribution < 1.29 is 9.50 Å². The number of anilines is 1. The Labute approximate surface area is 200 Å². The van der Waals surface area contributed by atoms with Gasteiger partial charge in [-0.05, 0) is 93.2 Å². The molecule has 1 aromatic heterocycles. The van der Waals surface area contributed by atoms with Crippen LogP contribution in [0.1, 0.15) is 44.6 Å². The standard InChI is InChI=1S/C27H33ClFN3O/c1-4-18-16-30-25-9-8-19(20-14-23(28)27(33)24(29)15-20)13-22(25)26(18)31-21-7-5-6-17(12-21)10-11-32(2)3/h8-9,13-17,21,33H,4-7,10-12H2,1-3H3,(H,30,31)/t17-,21+/m1/s1. The van der Waals surface area contributed by atoms with E-state index in [2.05, 4.69) is 42.3 Å². The first-order valence-corrected chi connectivity index (χ1v) is 12.2. The maximum absolute atomic E-state index is 14.1. The van der Waals surface area contributed by atoms with Gasteiger partial charge in [0.15, 0.2) is 11.6 Å². The third-order valence-corrected chi connectivity index (χ3v) is 7.08. The highest BCUT2D eigenvalue weighted by Gasteiger charge is 2.23. The minimum Gasteiger partial charge on any atom is -0.504 e. The number of aromatic nitrogens is 1. The minimum atomic E-state index is -0.720. The Hall–Kier alpha value is -2.37. The zero-order valence-electron chi connectivity index (χ0n) is 19.7. The summed E-state index contributed by atoms with van der Waals surface area (Å²) in [7, 11) is 4.28. The van der Waals surface area contributed by atoms with Gasteiger partial charge in [0, 0.05) is 23.3 Å². The highest BCUT2D eigenvalue weighted by Crippen LogP contribution is 2.37. The summed E-state index contributed by atoms with van der Waals surface area (Å²) >= 11 is 6.04. The second-order valence-corrected chi connectivity index (χ2v) is 9.91. The molecule has 176 valence electrons. The number of hydrogen-bond acceptors (Lipinski definition) is 4. The highest BCUT2D eigenvalue weighted by molar-refractivity contribution is 6.32. The Balaban J connectivity index is 1.67. The number of pyridine rings is 1. The van der Waals surface area contributed by atoms with Crippen LogP contribution in [0.5, 0.6) is 5.75 Å². The molecule has 1 saturated carbocycles. The molecule has 0 radical (unpaired) electrons. The predicted octanol–water partition coefficient (Wildman–Crippen LogP) is 6.88. The van der Waals surface area contributed by atoms with Crippen molar-refractivity contribution in [2.24, 2.45) is 5.92 Å². The van der Waals surface area contributed by atoms with E-state index in [1.807, 2.05) is 18.3 Å². The summed E-state index contributed by atoms with van der Waals surface area (Å²) in [5.74, 6) is -0.489. The van der Waals surface area contributed by atoms with E-state index in [1.165, 1.54) is 43.7 Å². The van der Waals surface area contributed by atoms with Gasteiger partial charge in [-0.15, -0.1) is 0 Å². The van der Waals surface area contributed by atoms with Gasteiger partial charge in [0.05, 0.1) is 10.5 Å². The molecule has 1 aliphatic rings. The van der Waals surface area contributed by atoms with Crippen molar-refractivity contribution >= 4 is 28.2 Å². The van der Waals surface area contributed by atoms with Crippen LogP contribution in [-0.2, 0) is 6.42 Å². The van der Waals surface area contributed by atoms with Crippen molar-refractivity contribution in [2.75, 3.05) is 26.0 Å². The van der Waals surface area contributed by atoms with E-state index in [9.17, 15) is 9.50 Å². The fourth-order valence-electron chi connectivity index (χ4n) is 4.91. The zero-order valence-corrected chi connectivity index (χ0v) is 20.4. The van der Waals surface area contributed by atoms with Gasteiger partial charge in [-0.3, -0.25) is 4.98 Å². The summed E-state index contributed by atoms with van der Waals surface area (Å²) in [6, 6.07) is 9.30. The third-order valence-electron chi connectivity index (χ3n) is 6.79. The summed E-state index contributed by atoms with van der Waals surface area (Å²) < 4.78 is 14.1. The number of aryl methyl sites for hydroxylation is 1. The Kier molecular flexibility index (Phi) is 7.40. The lowest BCUT2D eigenvalue weighted by molar-refractivity contribution is 0.279. The van der Waals surface area contributed by atoms with E-state index in [0.29, 0.717) is 11.6 Å². The average molecular weight is 470 g/mol. The monoisotopic (exact) mass is 469 g/mol. The van der Waals surface area contributed by atoms with Gasteiger partial charge in [-0.1, -0.05) is 37.4 Å². The topological polar surface area (TPSA) is 48.4 Å². The van der Waals surface area contributed by atoms with Crippen LogP contribution < -0.4 is 5.32 Å². The van der Waals surface area contributed by atoms with Crippen molar-refractivity contribution in [1.82, 2.24) is 9.88 Å². The number of fused-ring (bicyclic) bond motifs is 1. The van der Waals surface area contributed by atoms with Gasteiger partial charge in [-0.25, -0.2) is 4.39 Å². The van der Waals surface area contributed by atoms with E-state index in [-0.39, 0.29) is 5.02 Å². The molecule has 1 fully saturated rings. The number of aromatic hydroxyl groups is 1. The molecular formula is C27H33ClFN3O. The fraction of sp³-hybridized carbons (Fsp3) is 0.444. The van der Waals surface area contributed by atoms with Crippen LogP contribution >= 0.6 is 11.6 Å². The zero-order chi connectivity index (χ0) is 23.5. The molecule has 0 bridgehead atoms. The molecule has 0 aliphatic heterocycles. The van der Waals surface area contributed by atoms with E-state index in [4.69, 9.17) is 11.6 Å². The smallest absolute Gasteiger partial charge is 0.170 e. The molecule has 6 heteroatoms. The fourth-order valence-corrected chi connectivity index (χ4v) is 5.12. The summed E-state index contributed by atoms with van der Waals surface area (Å²) in [5, 5.41) is 14.6. The Morgan fingerprint density at radius 3 is 2.73 bits per heavy atom. The number of halogens is 2. The van der Waals surface area contributed by atoms with Gasteiger partial charge in [0.1, 0.15) is 0 Å². The number of nitrogens with one attached hydrogen (secondary N) is 1. The van der Waals surface area contributed by atoms with Crippen molar-refractivity contribution in [3.8, 4) is 16.9 Å². The van der Waals surface area contributed by atoms with Gasteiger partial charge in [-0.2, -0.15) is 0 Å². The summed E-state index contributed by atoms with van der Waals surface area (Å²) in [4.78, 5) is 6.93. The lowest BCUT2D eigenvalue weighted by atomic mass is 9.83. The molecule has 4 nitrogen and oxygen atoms in total. The molecule has 33 heavy (non-hydrogen) atoms. The first-order chi connectivity index (χ1) is 15.9. The van der Waals surface area contributed by atoms with Crippen LogP contribution in [0.15, 0.2) is 36.5 Å². The van der Waals surface area contributed by atoms with Crippen molar-refractivity contribution in [3.63, 3.8) is 0 Å². The largest absolute Gasteiger partial charge is 0.504 e. The second-order valence-electron chi connectivity index (χ2n) is 9.50. The van der Waals surface area contributed by atoms with Crippen molar-refractivity contribution in [1.29, 1.82) is 0 Å². The second kappa shape index (κ2) is 10.3. The lowest BCUT2D eigenvalue weighted by Crippen LogP contribution is -2.29. The number of nitrogens with zero attached hydrogens (tertiary/aromatic N) is 2. The first-order valence-electron chi connectivity index (χ1n) is 11.9. The summed E-state index contributed by atoms with van der Waals surface area (Å²) in [5.41, 5.74) is 4.70. The van der Waals surface area contributed by atoms with E-state index in [1.54, 1.807) is 6.07 Å². The highest BCUT2D eigenvalue weighted by atomic mass is 35.5. The van der Waals surface area contributed by atoms with Crippen LogP contribution in [0, 0.1) is 11.7 Å². The van der Waals surface area contributed by atoms with Gasteiger partial charge < -0.3 is 15.3 Å². The molecule has 1 aliphatic carbocycles. The maximum Gasteiger partial charge on any atom is 0.170 e. The molecule has 0 saturated heterocycles. The Morgan fingerprint density at radius 2 is 2.00 bits per heavy atom. The van der Waals surface area contributed by atoms with Crippen molar-refractivity contribution in [2.45, 2.75) is 51.5 Å². The van der Waals surface area contributed by atoms with E-state index in [0.717, 1.165) is 41.0 Å². The number of hydrogen-bond donors (Lipinski definition) is 2. The SMILES string of the molecule is CCc1cnc2ccc(-c3cc(F)c(O)c(Cl)c3)cc2c1N[C@H]1CCC[C@H](CCN(C)C)C1. The lowest BCUT2D eigenvalue weighted by Gasteiger charge is -2.32.